The molecule has 0 radical (unpaired) electrons. The van der Waals surface area contributed by atoms with E-state index in [-0.39, 0.29) is 22.3 Å². The minimum atomic E-state index is -3.73. The number of imidazole rings is 1. The molecule has 3 rings (SSSR count). The number of nitrogens with one attached hydrogen (secondary N) is 1. The highest BCUT2D eigenvalue weighted by molar-refractivity contribution is 7.89. The van der Waals surface area contributed by atoms with Crippen molar-refractivity contribution in [3.05, 3.63) is 29.5 Å². The van der Waals surface area contributed by atoms with Gasteiger partial charge in [0.05, 0.1) is 6.10 Å². The summed E-state index contributed by atoms with van der Waals surface area (Å²) in [5, 5.41) is -0.0345. The zero-order chi connectivity index (χ0) is 15.0. The highest BCUT2D eigenvalue weighted by Crippen LogP contribution is 2.24. The van der Waals surface area contributed by atoms with Gasteiger partial charge in [-0.1, -0.05) is 17.7 Å². The maximum atomic E-state index is 12.6. The van der Waals surface area contributed by atoms with E-state index in [4.69, 9.17) is 16.3 Å². The third-order valence-corrected chi connectivity index (χ3v) is 5.43. The molecule has 0 aromatic carbocycles. The van der Waals surface area contributed by atoms with Gasteiger partial charge in [0, 0.05) is 18.8 Å². The summed E-state index contributed by atoms with van der Waals surface area (Å²) in [7, 11) is -3.73. The normalized spacial score (nSPS) is 23.5. The average molecular weight is 330 g/mol. The summed E-state index contributed by atoms with van der Waals surface area (Å²) in [6.07, 6.45) is 2.98. The molecule has 21 heavy (non-hydrogen) atoms. The van der Waals surface area contributed by atoms with Gasteiger partial charge in [0.25, 0.3) is 10.0 Å². The number of sulfonamides is 1. The maximum absolute atomic E-state index is 12.6. The number of nitrogens with zero attached hydrogens (tertiary/aromatic N) is 2. The highest BCUT2D eigenvalue weighted by atomic mass is 35.5. The quantitative estimate of drug-likeness (QED) is 0.932. The molecule has 0 bridgehead atoms. The third-order valence-electron chi connectivity index (χ3n) is 3.51. The molecule has 1 aliphatic heterocycles. The fraction of sp³-hybridized carbons (Fsp3) is 0.462. The van der Waals surface area contributed by atoms with Gasteiger partial charge in [-0.25, -0.2) is 18.1 Å². The van der Waals surface area contributed by atoms with Crippen LogP contribution in [-0.2, 0) is 14.8 Å². The predicted octanol–water partition coefficient (Wildman–Crippen LogP) is 1.83. The van der Waals surface area contributed by atoms with Crippen LogP contribution in [0.4, 0.5) is 0 Å². The lowest BCUT2D eigenvalue weighted by molar-refractivity contribution is 0.0173. The molecule has 1 aliphatic rings. The van der Waals surface area contributed by atoms with Crippen molar-refractivity contribution in [2.45, 2.75) is 36.9 Å². The van der Waals surface area contributed by atoms with Crippen molar-refractivity contribution < 1.29 is 13.2 Å². The van der Waals surface area contributed by atoms with E-state index in [9.17, 15) is 8.42 Å². The van der Waals surface area contributed by atoms with Crippen LogP contribution in [0.25, 0.3) is 5.65 Å². The number of hydrogen-bond acceptors (Lipinski definition) is 4. The van der Waals surface area contributed by atoms with Gasteiger partial charge >= 0.3 is 0 Å². The second-order valence-corrected chi connectivity index (χ2v) is 7.15. The standard InChI is InChI=1S/C13H16ClN3O3S/c1-9-8-10(5-7-20-9)16-21(18,19)13-12(14)15-11-4-2-3-6-17(11)13/h2-4,6,9-10,16H,5,7-8H2,1H3. The third kappa shape index (κ3) is 2.91. The highest BCUT2D eigenvalue weighted by Gasteiger charge is 2.29. The van der Waals surface area contributed by atoms with E-state index < -0.39 is 10.0 Å². The lowest BCUT2D eigenvalue weighted by Crippen LogP contribution is -2.41. The Labute approximate surface area is 128 Å². The first-order chi connectivity index (χ1) is 9.97. The minimum Gasteiger partial charge on any atom is -0.378 e. The van der Waals surface area contributed by atoms with E-state index in [1.165, 1.54) is 4.40 Å². The summed E-state index contributed by atoms with van der Waals surface area (Å²) in [6, 6.07) is 5.08. The molecule has 0 spiro atoms. The maximum Gasteiger partial charge on any atom is 0.260 e. The molecular formula is C13H16ClN3O3S. The number of aromatic nitrogens is 2. The Balaban J connectivity index is 1.95. The van der Waals surface area contributed by atoms with Crippen molar-refractivity contribution in [1.29, 1.82) is 0 Å². The number of hydrogen-bond donors (Lipinski definition) is 1. The van der Waals surface area contributed by atoms with Crippen molar-refractivity contribution in [3.8, 4) is 0 Å². The Bertz CT molecular complexity index is 759. The van der Waals surface area contributed by atoms with Crippen molar-refractivity contribution in [2.24, 2.45) is 0 Å². The summed E-state index contributed by atoms with van der Waals surface area (Å²) in [5.41, 5.74) is 0.503. The van der Waals surface area contributed by atoms with E-state index >= 15 is 0 Å². The molecule has 2 atom stereocenters. The SMILES string of the molecule is CC1CC(NS(=O)(=O)c2c(Cl)nc3ccccn23)CCO1. The molecule has 2 aromatic heterocycles. The number of ether oxygens (including phenoxy) is 1. The molecule has 2 unspecified atom stereocenters. The number of pyridine rings is 1. The number of fused-ring (bicyclic) bond motifs is 1. The predicted molar refractivity (Wildman–Crippen MR) is 79.0 cm³/mol. The summed E-state index contributed by atoms with van der Waals surface area (Å²) < 4.78 is 34.8. The Morgan fingerprint density at radius 2 is 2.29 bits per heavy atom. The van der Waals surface area contributed by atoms with Crippen LogP contribution in [0.1, 0.15) is 19.8 Å². The molecule has 6 nitrogen and oxygen atoms in total. The molecule has 1 fully saturated rings. The van der Waals surface area contributed by atoms with Gasteiger partial charge in [0.2, 0.25) is 0 Å². The van der Waals surface area contributed by atoms with Gasteiger partial charge in [-0.2, -0.15) is 0 Å². The fourth-order valence-electron chi connectivity index (χ4n) is 2.57. The summed E-state index contributed by atoms with van der Waals surface area (Å²) in [5.74, 6) is 0. The van der Waals surface area contributed by atoms with Crippen LogP contribution in [-0.4, -0.2) is 36.6 Å². The van der Waals surface area contributed by atoms with Crippen LogP contribution < -0.4 is 4.72 Å². The molecule has 1 saturated heterocycles. The Hall–Kier alpha value is -1.15. The molecule has 1 N–H and O–H groups in total. The van der Waals surface area contributed by atoms with Crippen LogP contribution in [0.3, 0.4) is 0 Å². The van der Waals surface area contributed by atoms with Crippen LogP contribution in [0.2, 0.25) is 5.15 Å². The summed E-state index contributed by atoms with van der Waals surface area (Å²) in [4.78, 5) is 4.07. The molecule has 0 aliphatic carbocycles. The summed E-state index contributed by atoms with van der Waals surface area (Å²) >= 11 is 6.02. The largest absolute Gasteiger partial charge is 0.378 e. The first-order valence-corrected chi connectivity index (χ1v) is 8.60. The van der Waals surface area contributed by atoms with E-state index in [2.05, 4.69) is 9.71 Å². The van der Waals surface area contributed by atoms with Gasteiger partial charge in [-0.05, 0) is 31.9 Å². The van der Waals surface area contributed by atoms with E-state index in [0.29, 0.717) is 25.1 Å². The second kappa shape index (κ2) is 5.57. The van der Waals surface area contributed by atoms with Crippen LogP contribution in [0, 0.1) is 0 Å². The fourth-order valence-corrected chi connectivity index (χ4v) is 4.49. The molecule has 0 saturated carbocycles. The number of rotatable bonds is 3. The lowest BCUT2D eigenvalue weighted by Gasteiger charge is -2.27. The lowest BCUT2D eigenvalue weighted by atomic mass is 10.1. The molecule has 0 amide bonds. The van der Waals surface area contributed by atoms with Crippen molar-refractivity contribution in [3.63, 3.8) is 0 Å². The number of halogens is 1. The van der Waals surface area contributed by atoms with Crippen molar-refractivity contribution in [2.75, 3.05) is 6.61 Å². The van der Waals surface area contributed by atoms with Gasteiger partial charge in [0.1, 0.15) is 5.65 Å². The van der Waals surface area contributed by atoms with Gasteiger partial charge in [-0.15, -0.1) is 0 Å². The molecular weight excluding hydrogens is 314 g/mol. The Morgan fingerprint density at radius 3 is 3.05 bits per heavy atom. The average Bonchev–Trinajstić information content (AvgIpc) is 2.74. The van der Waals surface area contributed by atoms with Crippen LogP contribution in [0.5, 0.6) is 0 Å². The Kier molecular flexibility index (Phi) is 3.92. The molecule has 8 heteroatoms. The molecule has 2 aromatic rings. The van der Waals surface area contributed by atoms with Gasteiger partial charge in [-0.3, -0.25) is 4.40 Å². The first kappa shape index (κ1) is 14.8. The van der Waals surface area contributed by atoms with Gasteiger partial charge in [0.15, 0.2) is 10.2 Å². The van der Waals surface area contributed by atoms with Crippen LogP contribution in [0.15, 0.2) is 29.4 Å². The zero-order valence-corrected chi connectivity index (χ0v) is 13.1. The van der Waals surface area contributed by atoms with Crippen LogP contribution >= 0.6 is 11.6 Å². The monoisotopic (exact) mass is 329 g/mol. The van der Waals surface area contributed by atoms with Crippen molar-refractivity contribution in [1.82, 2.24) is 14.1 Å². The smallest absolute Gasteiger partial charge is 0.260 e. The molecule has 3 heterocycles. The van der Waals surface area contributed by atoms with Gasteiger partial charge < -0.3 is 4.74 Å². The zero-order valence-electron chi connectivity index (χ0n) is 11.5. The minimum absolute atomic E-state index is 0.0149. The van der Waals surface area contributed by atoms with E-state index in [0.717, 1.165) is 0 Å². The van der Waals surface area contributed by atoms with E-state index in [1.807, 2.05) is 6.92 Å². The second-order valence-electron chi connectivity index (χ2n) is 5.16. The topological polar surface area (TPSA) is 72.7 Å². The van der Waals surface area contributed by atoms with E-state index in [1.54, 1.807) is 24.4 Å². The first-order valence-electron chi connectivity index (χ1n) is 6.74. The molecule has 114 valence electrons. The van der Waals surface area contributed by atoms with Crippen molar-refractivity contribution >= 4 is 27.3 Å². The summed E-state index contributed by atoms with van der Waals surface area (Å²) in [6.45, 7) is 2.48. The Morgan fingerprint density at radius 1 is 1.48 bits per heavy atom.